The first-order valence-corrected chi connectivity index (χ1v) is 8.03. The lowest BCUT2D eigenvalue weighted by atomic mass is 9.94. The molecule has 2 aromatic carbocycles. The largest absolute Gasteiger partial charge is 0.386 e. The van der Waals surface area contributed by atoms with E-state index in [1.54, 1.807) is 18.2 Å². The second kappa shape index (κ2) is 6.66. The summed E-state index contributed by atoms with van der Waals surface area (Å²) in [4.78, 5) is 23.8. The molecule has 0 saturated heterocycles. The fourth-order valence-electron chi connectivity index (χ4n) is 2.85. The number of ether oxygens (including phenoxy) is 1. The highest BCUT2D eigenvalue weighted by atomic mass is 16.6. The third kappa shape index (κ3) is 2.98. The van der Waals surface area contributed by atoms with Crippen molar-refractivity contribution < 1.29 is 14.3 Å². The highest BCUT2D eigenvalue weighted by molar-refractivity contribution is 6.21. The molecule has 0 unspecified atom stereocenters. The molecular formula is C20H18O3. The van der Waals surface area contributed by atoms with Gasteiger partial charge in [0.1, 0.15) is 0 Å². The summed E-state index contributed by atoms with van der Waals surface area (Å²) >= 11 is 0. The Bertz CT molecular complexity index is 817. The third-order valence-electron chi connectivity index (χ3n) is 4.04. The molecule has 3 nitrogen and oxygen atoms in total. The molecule has 0 atom stereocenters. The second-order valence-corrected chi connectivity index (χ2v) is 5.68. The fourth-order valence-corrected chi connectivity index (χ4v) is 2.85. The number of esters is 2. The molecule has 3 rings (SSSR count). The monoisotopic (exact) mass is 306 g/mol. The number of carbonyl (C=O) groups is 2. The van der Waals surface area contributed by atoms with Crippen LogP contribution >= 0.6 is 0 Å². The molecule has 3 heteroatoms. The van der Waals surface area contributed by atoms with E-state index >= 15 is 0 Å². The molecule has 1 aliphatic rings. The van der Waals surface area contributed by atoms with Crippen molar-refractivity contribution in [1.82, 2.24) is 0 Å². The molecule has 0 aliphatic carbocycles. The topological polar surface area (TPSA) is 43.4 Å². The molecule has 0 amide bonds. The van der Waals surface area contributed by atoms with E-state index in [9.17, 15) is 9.59 Å². The number of benzene rings is 2. The van der Waals surface area contributed by atoms with Crippen LogP contribution in [0.1, 0.15) is 65.3 Å². The normalized spacial score (nSPS) is 12.7. The van der Waals surface area contributed by atoms with Gasteiger partial charge >= 0.3 is 11.9 Å². The zero-order valence-electron chi connectivity index (χ0n) is 13.1. The maximum Gasteiger partial charge on any atom is 0.346 e. The molecule has 0 aromatic heterocycles. The van der Waals surface area contributed by atoms with Crippen molar-refractivity contribution in [2.45, 2.75) is 39.0 Å². The maximum absolute atomic E-state index is 11.9. The Hall–Kier alpha value is -2.60. The van der Waals surface area contributed by atoms with Gasteiger partial charge in [0.25, 0.3) is 0 Å². The van der Waals surface area contributed by atoms with Crippen LogP contribution < -0.4 is 0 Å². The van der Waals surface area contributed by atoms with Gasteiger partial charge in [-0.3, -0.25) is 0 Å². The van der Waals surface area contributed by atoms with Crippen LogP contribution in [0.25, 0.3) is 10.8 Å². The quantitative estimate of drug-likeness (QED) is 0.362. The number of carbonyl (C=O) groups excluding carboxylic acids is 2. The van der Waals surface area contributed by atoms with Gasteiger partial charge in [0.15, 0.2) is 0 Å². The molecule has 0 radical (unpaired) electrons. The van der Waals surface area contributed by atoms with Gasteiger partial charge in [-0.05, 0) is 30.0 Å². The minimum atomic E-state index is -0.585. The van der Waals surface area contributed by atoms with E-state index in [1.165, 1.54) is 19.3 Å². The second-order valence-electron chi connectivity index (χ2n) is 5.68. The van der Waals surface area contributed by atoms with Crippen LogP contribution in [0, 0.1) is 11.8 Å². The summed E-state index contributed by atoms with van der Waals surface area (Å²) in [5.74, 6) is 5.21. The Labute approximate surface area is 135 Å². The lowest BCUT2D eigenvalue weighted by molar-refractivity contribution is 0.0391. The first kappa shape index (κ1) is 15.3. The first-order valence-electron chi connectivity index (χ1n) is 8.03. The fraction of sp³-hybridized carbons (Fsp3) is 0.300. The molecule has 2 aromatic rings. The van der Waals surface area contributed by atoms with E-state index in [0.29, 0.717) is 16.5 Å². The number of cyclic esters (lactones) is 2. The molecule has 1 aliphatic heterocycles. The summed E-state index contributed by atoms with van der Waals surface area (Å²) in [6.45, 7) is 2.19. The van der Waals surface area contributed by atoms with Crippen LogP contribution in [0.3, 0.4) is 0 Å². The summed E-state index contributed by atoms with van der Waals surface area (Å²) in [7, 11) is 0. The van der Waals surface area contributed by atoms with E-state index in [4.69, 9.17) is 4.74 Å². The van der Waals surface area contributed by atoms with Gasteiger partial charge in [0, 0.05) is 17.4 Å². The van der Waals surface area contributed by atoms with Gasteiger partial charge < -0.3 is 4.74 Å². The van der Waals surface area contributed by atoms with Gasteiger partial charge in [0.2, 0.25) is 0 Å². The van der Waals surface area contributed by atoms with Gasteiger partial charge in [-0.1, -0.05) is 50.2 Å². The van der Waals surface area contributed by atoms with Crippen molar-refractivity contribution >= 4 is 22.7 Å². The number of rotatable bonds is 4. The number of unbranched alkanes of at least 4 members (excludes halogenated alkanes) is 4. The summed E-state index contributed by atoms with van der Waals surface area (Å²) in [6, 6.07) is 8.90. The third-order valence-corrected chi connectivity index (χ3v) is 4.04. The van der Waals surface area contributed by atoms with E-state index in [-0.39, 0.29) is 0 Å². The molecule has 116 valence electrons. The minimum Gasteiger partial charge on any atom is -0.386 e. The lowest BCUT2D eigenvalue weighted by Gasteiger charge is -2.15. The van der Waals surface area contributed by atoms with E-state index in [1.807, 2.05) is 12.1 Å². The predicted octanol–water partition coefficient (Wildman–Crippen LogP) is 4.47. The van der Waals surface area contributed by atoms with Crippen molar-refractivity contribution in [1.29, 1.82) is 0 Å². The highest BCUT2D eigenvalue weighted by Crippen LogP contribution is 2.30. The van der Waals surface area contributed by atoms with Gasteiger partial charge in [0.05, 0.1) is 11.1 Å². The molecular weight excluding hydrogens is 288 g/mol. The van der Waals surface area contributed by atoms with Crippen molar-refractivity contribution in [3.05, 3.63) is 47.0 Å². The van der Waals surface area contributed by atoms with E-state index in [0.717, 1.165) is 23.8 Å². The molecule has 0 bridgehead atoms. The van der Waals surface area contributed by atoms with E-state index < -0.39 is 11.9 Å². The van der Waals surface area contributed by atoms with Crippen LogP contribution in [0.4, 0.5) is 0 Å². The SMILES string of the molecule is CCCCCCC#Cc1ccc2c3c(cccc13)C(=O)OC2=O. The van der Waals surface area contributed by atoms with Gasteiger partial charge in [-0.2, -0.15) is 0 Å². The van der Waals surface area contributed by atoms with Crippen LogP contribution in [0.5, 0.6) is 0 Å². The van der Waals surface area contributed by atoms with Crippen LogP contribution in [-0.2, 0) is 4.74 Å². The van der Waals surface area contributed by atoms with Crippen LogP contribution in [0.15, 0.2) is 30.3 Å². The number of hydrogen-bond acceptors (Lipinski definition) is 3. The maximum atomic E-state index is 11.9. The predicted molar refractivity (Wildman–Crippen MR) is 89.3 cm³/mol. The zero-order chi connectivity index (χ0) is 16.2. The lowest BCUT2D eigenvalue weighted by Crippen LogP contribution is -2.19. The Morgan fingerprint density at radius 2 is 1.74 bits per heavy atom. The van der Waals surface area contributed by atoms with Crippen molar-refractivity contribution in [2.24, 2.45) is 0 Å². The van der Waals surface area contributed by atoms with E-state index in [2.05, 4.69) is 18.8 Å². The Morgan fingerprint density at radius 3 is 2.52 bits per heavy atom. The average molecular weight is 306 g/mol. The van der Waals surface area contributed by atoms with Crippen LogP contribution in [-0.4, -0.2) is 11.9 Å². The molecule has 1 heterocycles. The molecule has 23 heavy (non-hydrogen) atoms. The van der Waals surface area contributed by atoms with Gasteiger partial charge in [-0.15, -0.1) is 0 Å². The molecule has 0 spiro atoms. The summed E-state index contributed by atoms with van der Waals surface area (Å²) in [5, 5.41) is 1.50. The minimum absolute atomic E-state index is 0.434. The smallest absolute Gasteiger partial charge is 0.346 e. The molecule has 0 saturated carbocycles. The summed E-state index contributed by atoms with van der Waals surface area (Å²) in [5.41, 5.74) is 1.72. The van der Waals surface area contributed by atoms with Crippen molar-refractivity contribution in [3.63, 3.8) is 0 Å². The standard InChI is InChI=1S/C20H18O3/c1-2-3-4-5-6-7-9-14-12-13-17-18-15(14)10-8-11-16(18)19(21)23-20(17)22/h8,10-13H,2-6H2,1H3. The average Bonchev–Trinajstić information content (AvgIpc) is 2.56. The van der Waals surface area contributed by atoms with Crippen molar-refractivity contribution in [2.75, 3.05) is 0 Å². The number of hydrogen-bond donors (Lipinski definition) is 0. The summed E-state index contributed by atoms with van der Waals surface area (Å²) < 4.78 is 4.76. The molecule has 0 fully saturated rings. The van der Waals surface area contributed by atoms with Gasteiger partial charge in [-0.25, -0.2) is 9.59 Å². The first-order chi connectivity index (χ1) is 11.2. The summed E-state index contributed by atoms with van der Waals surface area (Å²) in [6.07, 6.45) is 5.63. The van der Waals surface area contributed by atoms with Crippen molar-refractivity contribution in [3.8, 4) is 11.8 Å². The zero-order valence-corrected chi connectivity index (χ0v) is 13.1. The Morgan fingerprint density at radius 1 is 0.957 bits per heavy atom. The Balaban J connectivity index is 1.96. The Kier molecular flexibility index (Phi) is 4.43. The highest BCUT2D eigenvalue weighted by Gasteiger charge is 2.27. The molecule has 0 N–H and O–H groups in total. The van der Waals surface area contributed by atoms with Crippen LogP contribution in [0.2, 0.25) is 0 Å².